The molecule has 8 heteroatoms. The number of hydrogen-bond acceptors (Lipinski definition) is 4. The molecule has 5 nitrogen and oxygen atoms in total. The van der Waals surface area contributed by atoms with E-state index in [-0.39, 0.29) is 18.2 Å². The van der Waals surface area contributed by atoms with E-state index in [2.05, 4.69) is 14.8 Å². The SMILES string of the molecule is OCc1ncn(-c2ccc(OC(F)(F)F)cc2)n1. The van der Waals surface area contributed by atoms with Crippen LogP contribution in [0.5, 0.6) is 5.75 Å². The molecule has 0 saturated heterocycles. The molecule has 0 fully saturated rings. The van der Waals surface area contributed by atoms with E-state index < -0.39 is 6.36 Å². The van der Waals surface area contributed by atoms with Gasteiger partial charge in [0, 0.05) is 0 Å². The van der Waals surface area contributed by atoms with Crippen LogP contribution in [0.3, 0.4) is 0 Å². The molecule has 0 unspecified atom stereocenters. The van der Waals surface area contributed by atoms with Gasteiger partial charge in [-0.05, 0) is 24.3 Å². The van der Waals surface area contributed by atoms with Gasteiger partial charge in [0.1, 0.15) is 18.7 Å². The minimum absolute atomic E-state index is 0.227. The predicted octanol–water partition coefficient (Wildman–Crippen LogP) is 1.66. The molecule has 1 aromatic heterocycles. The number of ether oxygens (including phenoxy) is 1. The van der Waals surface area contributed by atoms with Crippen molar-refractivity contribution in [3.63, 3.8) is 0 Å². The van der Waals surface area contributed by atoms with Crippen LogP contribution in [0, 0.1) is 0 Å². The van der Waals surface area contributed by atoms with E-state index in [0.29, 0.717) is 5.69 Å². The topological polar surface area (TPSA) is 60.2 Å². The van der Waals surface area contributed by atoms with Crippen molar-refractivity contribution in [2.45, 2.75) is 13.0 Å². The molecular weight excluding hydrogens is 251 g/mol. The summed E-state index contributed by atoms with van der Waals surface area (Å²) in [5.74, 6) is -0.0839. The van der Waals surface area contributed by atoms with Crippen molar-refractivity contribution < 1.29 is 23.0 Å². The molecule has 0 amide bonds. The largest absolute Gasteiger partial charge is 0.573 e. The van der Waals surface area contributed by atoms with Gasteiger partial charge in [-0.2, -0.15) is 0 Å². The molecule has 18 heavy (non-hydrogen) atoms. The van der Waals surface area contributed by atoms with Crippen LogP contribution in [-0.2, 0) is 6.61 Å². The summed E-state index contributed by atoms with van der Waals surface area (Å²) in [6, 6.07) is 5.14. The smallest absolute Gasteiger partial charge is 0.406 e. The van der Waals surface area contributed by atoms with Crippen LogP contribution >= 0.6 is 0 Å². The van der Waals surface area contributed by atoms with Gasteiger partial charge in [-0.1, -0.05) is 0 Å². The number of nitrogens with zero attached hydrogens (tertiary/aromatic N) is 3. The van der Waals surface area contributed by atoms with Gasteiger partial charge in [-0.15, -0.1) is 18.3 Å². The third-order valence-electron chi connectivity index (χ3n) is 2.02. The summed E-state index contributed by atoms with van der Waals surface area (Å²) >= 11 is 0. The third kappa shape index (κ3) is 2.98. The van der Waals surface area contributed by atoms with Crippen molar-refractivity contribution in [2.75, 3.05) is 0 Å². The zero-order chi connectivity index (χ0) is 13.2. The molecule has 1 N–H and O–H groups in total. The first kappa shape index (κ1) is 12.4. The number of hydrogen-bond donors (Lipinski definition) is 1. The zero-order valence-electron chi connectivity index (χ0n) is 8.92. The lowest BCUT2D eigenvalue weighted by Crippen LogP contribution is -2.17. The highest BCUT2D eigenvalue weighted by molar-refractivity contribution is 5.36. The molecule has 0 bridgehead atoms. The average Bonchev–Trinajstić information content (AvgIpc) is 2.76. The number of aromatic nitrogens is 3. The molecule has 0 radical (unpaired) electrons. The summed E-state index contributed by atoms with van der Waals surface area (Å²) in [4.78, 5) is 3.78. The number of aliphatic hydroxyl groups is 1. The van der Waals surface area contributed by atoms with E-state index in [1.54, 1.807) is 0 Å². The maximum Gasteiger partial charge on any atom is 0.573 e. The molecule has 0 aliphatic rings. The van der Waals surface area contributed by atoms with Gasteiger partial charge in [0.15, 0.2) is 5.82 Å². The quantitative estimate of drug-likeness (QED) is 0.910. The molecular formula is C10H8F3N3O2. The second-order valence-electron chi connectivity index (χ2n) is 3.31. The van der Waals surface area contributed by atoms with E-state index in [9.17, 15) is 13.2 Å². The minimum atomic E-state index is -4.71. The Hall–Kier alpha value is -2.09. The lowest BCUT2D eigenvalue weighted by molar-refractivity contribution is -0.274. The Labute approximate surface area is 99.4 Å². The maximum atomic E-state index is 11.9. The first-order valence-electron chi connectivity index (χ1n) is 4.85. The molecule has 0 spiro atoms. The normalized spacial score (nSPS) is 11.6. The van der Waals surface area contributed by atoms with Gasteiger partial charge in [-0.25, -0.2) is 9.67 Å². The van der Waals surface area contributed by atoms with Crippen LogP contribution in [0.2, 0.25) is 0 Å². The molecule has 1 aromatic carbocycles. The predicted molar refractivity (Wildman–Crippen MR) is 54.0 cm³/mol. The van der Waals surface area contributed by atoms with Gasteiger partial charge in [0.05, 0.1) is 5.69 Å². The van der Waals surface area contributed by atoms with Crippen molar-refractivity contribution in [3.05, 3.63) is 36.4 Å². The van der Waals surface area contributed by atoms with E-state index in [4.69, 9.17) is 5.11 Å². The van der Waals surface area contributed by atoms with E-state index in [0.717, 1.165) is 0 Å². The second kappa shape index (κ2) is 4.65. The van der Waals surface area contributed by atoms with Crippen molar-refractivity contribution in [2.24, 2.45) is 0 Å². The van der Waals surface area contributed by atoms with Gasteiger partial charge in [0.25, 0.3) is 0 Å². The molecule has 0 aliphatic carbocycles. The number of rotatable bonds is 3. The second-order valence-corrected chi connectivity index (χ2v) is 3.31. The summed E-state index contributed by atoms with van der Waals surface area (Å²) in [5.41, 5.74) is 0.511. The van der Waals surface area contributed by atoms with E-state index in [1.807, 2.05) is 0 Å². The minimum Gasteiger partial charge on any atom is -0.406 e. The Bertz CT molecular complexity index is 522. The fourth-order valence-corrected chi connectivity index (χ4v) is 1.29. The van der Waals surface area contributed by atoms with Crippen molar-refractivity contribution in [3.8, 4) is 11.4 Å². The Morgan fingerprint density at radius 1 is 1.22 bits per heavy atom. The molecule has 96 valence electrons. The molecule has 0 atom stereocenters. The monoisotopic (exact) mass is 259 g/mol. The highest BCUT2D eigenvalue weighted by Crippen LogP contribution is 2.23. The molecule has 0 saturated carbocycles. The Kier molecular flexibility index (Phi) is 3.19. The Morgan fingerprint density at radius 2 is 1.89 bits per heavy atom. The molecule has 2 rings (SSSR count). The number of halogens is 3. The third-order valence-corrected chi connectivity index (χ3v) is 2.02. The molecule has 1 heterocycles. The molecule has 0 aliphatic heterocycles. The fraction of sp³-hybridized carbons (Fsp3) is 0.200. The maximum absolute atomic E-state index is 11.9. The van der Waals surface area contributed by atoms with Crippen molar-refractivity contribution >= 4 is 0 Å². The van der Waals surface area contributed by atoms with Crippen LogP contribution in [-0.4, -0.2) is 26.2 Å². The first-order valence-corrected chi connectivity index (χ1v) is 4.85. The van der Waals surface area contributed by atoms with Crippen LogP contribution in [0.1, 0.15) is 5.82 Å². The van der Waals surface area contributed by atoms with E-state index in [1.165, 1.54) is 35.3 Å². The van der Waals surface area contributed by atoms with Crippen LogP contribution in [0.25, 0.3) is 5.69 Å². The number of benzene rings is 1. The average molecular weight is 259 g/mol. The van der Waals surface area contributed by atoms with Crippen molar-refractivity contribution in [1.29, 1.82) is 0 Å². The van der Waals surface area contributed by atoms with E-state index >= 15 is 0 Å². The summed E-state index contributed by atoms with van der Waals surface area (Å²) < 4.78 is 40.9. The first-order chi connectivity index (χ1) is 8.48. The fourth-order valence-electron chi connectivity index (χ4n) is 1.29. The lowest BCUT2D eigenvalue weighted by atomic mass is 10.3. The van der Waals surface area contributed by atoms with Crippen LogP contribution in [0.4, 0.5) is 13.2 Å². The van der Waals surface area contributed by atoms with Gasteiger partial charge >= 0.3 is 6.36 Å². The Balaban J connectivity index is 2.17. The van der Waals surface area contributed by atoms with Crippen LogP contribution in [0.15, 0.2) is 30.6 Å². The van der Waals surface area contributed by atoms with Crippen molar-refractivity contribution in [1.82, 2.24) is 14.8 Å². The standard InChI is InChI=1S/C10H8F3N3O2/c11-10(12,13)18-8-3-1-7(2-4-8)16-6-14-9(5-17)15-16/h1-4,6,17H,5H2. The summed E-state index contributed by atoms with van der Waals surface area (Å²) in [6.45, 7) is -0.303. The number of alkyl halides is 3. The summed E-state index contributed by atoms with van der Waals surface area (Å²) in [6.07, 6.45) is -3.36. The lowest BCUT2D eigenvalue weighted by Gasteiger charge is -2.09. The van der Waals surface area contributed by atoms with Gasteiger partial charge in [-0.3, -0.25) is 0 Å². The highest BCUT2D eigenvalue weighted by atomic mass is 19.4. The molecule has 2 aromatic rings. The van der Waals surface area contributed by atoms with Gasteiger partial charge < -0.3 is 9.84 Å². The summed E-state index contributed by atoms with van der Waals surface area (Å²) in [5, 5.41) is 12.7. The summed E-state index contributed by atoms with van der Waals surface area (Å²) in [7, 11) is 0. The Morgan fingerprint density at radius 3 is 2.39 bits per heavy atom. The van der Waals surface area contributed by atoms with Crippen LogP contribution < -0.4 is 4.74 Å². The zero-order valence-corrected chi connectivity index (χ0v) is 8.92. The highest BCUT2D eigenvalue weighted by Gasteiger charge is 2.30. The van der Waals surface area contributed by atoms with Gasteiger partial charge in [0.2, 0.25) is 0 Å². The number of aliphatic hydroxyl groups excluding tert-OH is 1.